The van der Waals surface area contributed by atoms with Crippen molar-refractivity contribution in [3.05, 3.63) is 35.5 Å². The average molecular weight is 263 g/mol. The van der Waals surface area contributed by atoms with Crippen molar-refractivity contribution >= 4 is 11.8 Å². The molecule has 0 aromatic rings. The Balaban J connectivity index is 3.15. The SMILES string of the molecule is CC(=CC(=O)[O-])/C=C/C1(O)C(C)=CC(=O)CC1(C)C. The van der Waals surface area contributed by atoms with Crippen LogP contribution in [0.4, 0.5) is 0 Å². The zero-order valence-corrected chi connectivity index (χ0v) is 11.7. The Hall–Kier alpha value is -1.68. The molecule has 0 aliphatic heterocycles. The molecule has 1 rings (SSSR count). The third kappa shape index (κ3) is 3.20. The Bertz CT molecular complexity index is 494. The van der Waals surface area contributed by atoms with Gasteiger partial charge in [0.1, 0.15) is 5.60 Å². The lowest BCUT2D eigenvalue weighted by molar-refractivity contribution is -0.297. The van der Waals surface area contributed by atoms with E-state index in [2.05, 4.69) is 0 Å². The molecule has 0 heterocycles. The number of ketones is 1. The lowest BCUT2D eigenvalue weighted by atomic mass is 9.64. The van der Waals surface area contributed by atoms with Crippen LogP contribution in [0.3, 0.4) is 0 Å². The molecule has 1 unspecified atom stereocenters. The van der Waals surface area contributed by atoms with E-state index in [1.807, 2.05) is 13.8 Å². The number of carboxylic acids is 1. The average Bonchev–Trinajstić information content (AvgIpc) is 2.21. The second-order valence-electron chi connectivity index (χ2n) is 5.66. The third-order valence-electron chi connectivity index (χ3n) is 3.56. The first kappa shape index (κ1) is 15.4. The summed E-state index contributed by atoms with van der Waals surface area (Å²) in [5.41, 5.74) is -0.872. The Morgan fingerprint density at radius 3 is 2.53 bits per heavy atom. The van der Waals surface area contributed by atoms with Gasteiger partial charge in [-0.1, -0.05) is 19.9 Å². The van der Waals surface area contributed by atoms with Gasteiger partial charge in [-0.3, -0.25) is 4.79 Å². The number of rotatable bonds is 3. The van der Waals surface area contributed by atoms with Crippen LogP contribution in [0.25, 0.3) is 0 Å². The molecule has 0 aromatic heterocycles. The summed E-state index contributed by atoms with van der Waals surface area (Å²) in [6.45, 7) is 6.92. The minimum Gasteiger partial charge on any atom is -0.545 e. The molecule has 4 nitrogen and oxygen atoms in total. The first-order valence-electron chi connectivity index (χ1n) is 6.11. The van der Waals surface area contributed by atoms with E-state index in [1.54, 1.807) is 19.9 Å². The van der Waals surface area contributed by atoms with Gasteiger partial charge in [0.05, 0.1) is 5.97 Å². The summed E-state index contributed by atoms with van der Waals surface area (Å²) in [5, 5.41) is 21.2. The van der Waals surface area contributed by atoms with Gasteiger partial charge in [-0.15, -0.1) is 0 Å². The van der Waals surface area contributed by atoms with Crippen molar-refractivity contribution in [2.24, 2.45) is 5.41 Å². The van der Waals surface area contributed by atoms with Crippen molar-refractivity contribution in [2.45, 2.75) is 39.7 Å². The summed E-state index contributed by atoms with van der Waals surface area (Å²) < 4.78 is 0. The molecule has 0 saturated heterocycles. The van der Waals surface area contributed by atoms with E-state index in [1.165, 1.54) is 12.2 Å². The summed E-state index contributed by atoms with van der Waals surface area (Å²) >= 11 is 0. The van der Waals surface area contributed by atoms with Gasteiger partial charge in [-0.05, 0) is 43.2 Å². The molecular formula is C15H19O4-. The fraction of sp³-hybridized carbons (Fsp3) is 0.467. The lowest BCUT2D eigenvalue weighted by Crippen LogP contribution is -2.48. The Morgan fingerprint density at radius 2 is 2.05 bits per heavy atom. The maximum absolute atomic E-state index is 11.6. The van der Waals surface area contributed by atoms with E-state index in [0.29, 0.717) is 11.1 Å². The van der Waals surface area contributed by atoms with Crippen LogP contribution in [-0.2, 0) is 9.59 Å². The fourth-order valence-corrected chi connectivity index (χ4v) is 2.35. The van der Waals surface area contributed by atoms with E-state index in [4.69, 9.17) is 0 Å². The van der Waals surface area contributed by atoms with Crippen LogP contribution in [0.15, 0.2) is 35.5 Å². The fourth-order valence-electron chi connectivity index (χ4n) is 2.35. The van der Waals surface area contributed by atoms with Gasteiger partial charge in [0.15, 0.2) is 5.78 Å². The smallest absolute Gasteiger partial charge is 0.156 e. The number of hydrogen-bond acceptors (Lipinski definition) is 4. The summed E-state index contributed by atoms with van der Waals surface area (Å²) in [6, 6.07) is 0. The van der Waals surface area contributed by atoms with Gasteiger partial charge in [0, 0.05) is 11.8 Å². The van der Waals surface area contributed by atoms with Crippen LogP contribution < -0.4 is 5.11 Å². The number of hydrogen-bond donors (Lipinski definition) is 1. The van der Waals surface area contributed by atoms with Crippen LogP contribution in [0, 0.1) is 5.41 Å². The molecule has 0 spiro atoms. The van der Waals surface area contributed by atoms with Crippen molar-refractivity contribution in [1.82, 2.24) is 0 Å². The minimum atomic E-state index is -1.28. The number of allylic oxidation sites excluding steroid dienone is 3. The molecule has 0 radical (unpaired) electrons. The Kier molecular flexibility index (Phi) is 4.15. The molecule has 0 aromatic carbocycles. The molecule has 104 valence electrons. The van der Waals surface area contributed by atoms with E-state index in [-0.39, 0.29) is 12.2 Å². The number of carboxylic acid groups (broad SMARTS) is 1. The standard InChI is InChI=1S/C15H20O4/c1-10(7-13(17)18)5-6-15(19)11(2)8-12(16)9-14(15,3)4/h5-8,19H,9H2,1-4H3,(H,17,18)/p-1/b6-5+,10-7?. The lowest BCUT2D eigenvalue weighted by Gasteiger charge is -2.44. The zero-order valence-electron chi connectivity index (χ0n) is 11.7. The van der Waals surface area contributed by atoms with E-state index >= 15 is 0 Å². The van der Waals surface area contributed by atoms with Gasteiger partial charge in [0.25, 0.3) is 0 Å². The highest BCUT2D eigenvalue weighted by Crippen LogP contribution is 2.44. The van der Waals surface area contributed by atoms with Gasteiger partial charge in [-0.25, -0.2) is 0 Å². The molecule has 1 aliphatic carbocycles. The van der Waals surface area contributed by atoms with Crippen molar-refractivity contribution in [3.63, 3.8) is 0 Å². The monoisotopic (exact) mass is 263 g/mol. The number of carbonyl (C=O) groups is 2. The number of carbonyl (C=O) groups excluding carboxylic acids is 2. The predicted octanol–water partition coefficient (Wildman–Crippen LogP) is 0.915. The van der Waals surface area contributed by atoms with Gasteiger partial charge in [0.2, 0.25) is 0 Å². The van der Waals surface area contributed by atoms with Gasteiger partial charge >= 0.3 is 0 Å². The Morgan fingerprint density at radius 1 is 1.47 bits per heavy atom. The molecule has 4 heteroatoms. The first-order valence-corrected chi connectivity index (χ1v) is 6.11. The van der Waals surface area contributed by atoms with Crippen molar-refractivity contribution in [3.8, 4) is 0 Å². The molecule has 19 heavy (non-hydrogen) atoms. The first-order chi connectivity index (χ1) is 8.58. The highest BCUT2D eigenvalue weighted by molar-refractivity contribution is 5.92. The summed E-state index contributed by atoms with van der Waals surface area (Å²) in [5.74, 6) is -1.29. The maximum Gasteiger partial charge on any atom is 0.156 e. The normalized spacial score (nSPS) is 27.5. The van der Waals surface area contributed by atoms with E-state index < -0.39 is 17.0 Å². The Labute approximate surface area is 113 Å². The van der Waals surface area contributed by atoms with Crippen LogP contribution in [-0.4, -0.2) is 22.5 Å². The van der Waals surface area contributed by atoms with Gasteiger partial charge in [-0.2, -0.15) is 0 Å². The second-order valence-corrected chi connectivity index (χ2v) is 5.66. The zero-order chi connectivity index (χ0) is 14.8. The van der Waals surface area contributed by atoms with Crippen LogP contribution in [0.1, 0.15) is 34.1 Å². The molecule has 1 atom stereocenters. The second kappa shape index (κ2) is 5.13. The van der Waals surface area contributed by atoms with Gasteiger partial charge < -0.3 is 15.0 Å². The predicted molar refractivity (Wildman–Crippen MR) is 70.0 cm³/mol. The molecule has 1 aliphatic rings. The topological polar surface area (TPSA) is 77.4 Å². The number of aliphatic carboxylic acids is 1. The van der Waals surface area contributed by atoms with Crippen LogP contribution in [0.2, 0.25) is 0 Å². The number of aliphatic hydroxyl groups is 1. The molecule has 0 fully saturated rings. The van der Waals surface area contributed by atoms with E-state index in [0.717, 1.165) is 6.08 Å². The summed E-state index contributed by atoms with van der Waals surface area (Å²) in [7, 11) is 0. The largest absolute Gasteiger partial charge is 0.545 e. The molecule has 0 amide bonds. The molecule has 0 saturated carbocycles. The highest BCUT2D eigenvalue weighted by Gasteiger charge is 2.46. The maximum atomic E-state index is 11.6. The van der Waals surface area contributed by atoms with Crippen LogP contribution >= 0.6 is 0 Å². The molecule has 1 N–H and O–H groups in total. The molecule has 0 bridgehead atoms. The van der Waals surface area contributed by atoms with Crippen LogP contribution in [0.5, 0.6) is 0 Å². The summed E-state index contributed by atoms with van der Waals surface area (Å²) in [4.78, 5) is 22.0. The third-order valence-corrected chi connectivity index (χ3v) is 3.56. The summed E-state index contributed by atoms with van der Waals surface area (Å²) in [6.07, 6.45) is 5.71. The van der Waals surface area contributed by atoms with Crippen molar-refractivity contribution in [1.29, 1.82) is 0 Å². The van der Waals surface area contributed by atoms with E-state index in [9.17, 15) is 19.8 Å². The molecular weight excluding hydrogens is 244 g/mol. The highest BCUT2D eigenvalue weighted by atomic mass is 16.4. The quantitative estimate of drug-likeness (QED) is 0.606. The van der Waals surface area contributed by atoms with Crippen molar-refractivity contribution < 1.29 is 19.8 Å². The van der Waals surface area contributed by atoms with Crippen molar-refractivity contribution in [2.75, 3.05) is 0 Å². The minimum absolute atomic E-state index is 0.0115.